The number of nitriles is 1. The zero-order valence-corrected chi connectivity index (χ0v) is 14.9. The second kappa shape index (κ2) is 7.60. The summed E-state index contributed by atoms with van der Waals surface area (Å²) in [6.45, 7) is 1.98. The molecule has 0 aliphatic heterocycles. The van der Waals surface area contributed by atoms with Crippen molar-refractivity contribution < 1.29 is 13.2 Å². The molecule has 0 aliphatic carbocycles. The predicted molar refractivity (Wildman–Crippen MR) is 99.5 cm³/mol. The summed E-state index contributed by atoms with van der Waals surface area (Å²) in [6.07, 6.45) is -4.45. The van der Waals surface area contributed by atoms with E-state index >= 15 is 0 Å². The Kier molecular flexibility index (Phi) is 5.23. The highest BCUT2D eigenvalue weighted by Gasteiger charge is 2.30. The molecular weight excluding hydrogens is 373 g/mol. The number of hydrogen-bond acceptors (Lipinski definition) is 5. The van der Waals surface area contributed by atoms with Crippen LogP contribution in [0.4, 0.5) is 18.9 Å². The monoisotopic (exact) mass is 386 g/mol. The Morgan fingerprint density at radius 2 is 1.93 bits per heavy atom. The lowest BCUT2D eigenvalue weighted by Crippen LogP contribution is -2.06. The molecule has 0 spiro atoms. The maximum absolute atomic E-state index is 12.8. The standard InChI is InChI=1S/C19H13F3N4S/c1-12-5-7-13(8-6-12)17-11-27-18(24-17)16(10-23)26-25-15-4-2-3-14(9-15)19(20,21)22/h2-9,11,25H,1H3. The Morgan fingerprint density at radius 1 is 1.19 bits per heavy atom. The molecule has 8 heteroatoms. The molecule has 0 amide bonds. The van der Waals surface area contributed by atoms with E-state index in [4.69, 9.17) is 0 Å². The van der Waals surface area contributed by atoms with Crippen molar-refractivity contribution in [2.75, 3.05) is 5.43 Å². The number of rotatable bonds is 4. The zero-order valence-electron chi connectivity index (χ0n) is 14.1. The lowest BCUT2D eigenvalue weighted by molar-refractivity contribution is -0.137. The second-order valence-corrected chi connectivity index (χ2v) is 6.52. The maximum Gasteiger partial charge on any atom is 0.416 e. The summed E-state index contributed by atoms with van der Waals surface area (Å²) >= 11 is 1.24. The summed E-state index contributed by atoms with van der Waals surface area (Å²) in [6, 6.07) is 14.3. The van der Waals surface area contributed by atoms with E-state index in [9.17, 15) is 18.4 Å². The lowest BCUT2D eigenvalue weighted by atomic mass is 10.1. The normalized spacial score (nSPS) is 11.9. The lowest BCUT2D eigenvalue weighted by Gasteiger charge is -2.08. The van der Waals surface area contributed by atoms with Crippen molar-refractivity contribution >= 4 is 22.7 Å². The van der Waals surface area contributed by atoms with E-state index in [2.05, 4.69) is 15.5 Å². The summed E-state index contributed by atoms with van der Waals surface area (Å²) < 4.78 is 38.3. The number of benzene rings is 2. The molecule has 136 valence electrons. The van der Waals surface area contributed by atoms with Crippen molar-refractivity contribution in [3.05, 3.63) is 70.0 Å². The quantitative estimate of drug-likeness (QED) is 0.477. The average molecular weight is 386 g/mol. The summed E-state index contributed by atoms with van der Waals surface area (Å²) in [5.74, 6) is 0. The van der Waals surface area contributed by atoms with Gasteiger partial charge in [0.05, 0.1) is 16.9 Å². The third kappa shape index (κ3) is 4.51. The van der Waals surface area contributed by atoms with Gasteiger partial charge < -0.3 is 0 Å². The van der Waals surface area contributed by atoms with E-state index in [1.54, 1.807) is 5.38 Å². The molecule has 2 aromatic carbocycles. The number of nitrogens with zero attached hydrogens (tertiary/aromatic N) is 3. The first kappa shape index (κ1) is 18.6. The highest BCUT2D eigenvalue weighted by molar-refractivity contribution is 7.12. The number of hydrogen-bond donors (Lipinski definition) is 1. The Morgan fingerprint density at radius 3 is 2.59 bits per heavy atom. The largest absolute Gasteiger partial charge is 0.416 e. The second-order valence-electron chi connectivity index (χ2n) is 5.67. The number of halogens is 3. The molecule has 0 saturated carbocycles. The molecule has 0 fully saturated rings. The van der Waals surface area contributed by atoms with E-state index in [0.29, 0.717) is 10.7 Å². The van der Waals surface area contributed by atoms with Crippen LogP contribution in [0.3, 0.4) is 0 Å². The van der Waals surface area contributed by atoms with Crippen LogP contribution in [-0.2, 0) is 6.18 Å². The van der Waals surface area contributed by atoms with Crippen LogP contribution in [0.1, 0.15) is 16.1 Å². The van der Waals surface area contributed by atoms with Crippen LogP contribution in [0.2, 0.25) is 0 Å². The van der Waals surface area contributed by atoms with Gasteiger partial charge in [-0.1, -0.05) is 35.9 Å². The van der Waals surface area contributed by atoms with Gasteiger partial charge >= 0.3 is 6.18 Å². The van der Waals surface area contributed by atoms with Crippen LogP contribution in [0.25, 0.3) is 11.3 Å². The molecule has 4 nitrogen and oxygen atoms in total. The minimum Gasteiger partial charge on any atom is -0.277 e. The first-order valence-electron chi connectivity index (χ1n) is 7.81. The molecule has 3 aromatic rings. The van der Waals surface area contributed by atoms with Gasteiger partial charge in [0.2, 0.25) is 0 Å². The van der Waals surface area contributed by atoms with Gasteiger partial charge in [0.15, 0.2) is 10.7 Å². The summed E-state index contributed by atoms with van der Waals surface area (Å²) in [4.78, 5) is 4.40. The molecular formula is C19H13F3N4S. The molecule has 0 radical (unpaired) electrons. The molecule has 1 N–H and O–H groups in total. The fourth-order valence-electron chi connectivity index (χ4n) is 2.25. The van der Waals surface area contributed by atoms with E-state index in [1.165, 1.54) is 23.5 Å². The number of hydrazone groups is 1. The van der Waals surface area contributed by atoms with Crippen LogP contribution in [0.15, 0.2) is 59.0 Å². The zero-order chi connectivity index (χ0) is 19.4. The fraction of sp³-hybridized carbons (Fsp3) is 0.105. The Balaban J connectivity index is 1.82. The SMILES string of the molecule is Cc1ccc(-c2csc(C(C#N)=NNc3cccc(C(F)(F)F)c3)n2)cc1. The number of anilines is 1. The minimum absolute atomic E-state index is 0.00391. The number of alkyl halides is 3. The predicted octanol–water partition coefficient (Wildman–Crippen LogP) is 5.48. The highest BCUT2D eigenvalue weighted by Crippen LogP contribution is 2.30. The third-order valence-corrected chi connectivity index (χ3v) is 4.50. The van der Waals surface area contributed by atoms with E-state index in [0.717, 1.165) is 23.3 Å². The van der Waals surface area contributed by atoms with Crippen molar-refractivity contribution in [3.63, 3.8) is 0 Å². The molecule has 0 aliphatic rings. The van der Waals surface area contributed by atoms with Gasteiger partial charge in [0, 0.05) is 10.9 Å². The van der Waals surface area contributed by atoms with Crippen LogP contribution in [-0.4, -0.2) is 10.7 Å². The molecule has 27 heavy (non-hydrogen) atoms. The first-order chi connectivity index (χ1) is 12.9. The Bertz CT molecular complexity index is 1010. The maximum atomic E-state index is 12.8. The smallest absolute Gasteiger partial charge is 0.277 e. The Hall–Kier alpha value is -3.18. The number of aryl methyl sites for hydroxylation is 1. The molecule has 0 bridgehead atoms. The van der Waals surface area contributed by atoms with Gasteiger partial charge in [-0.2, -0.15) is 23.5 Å². The average Bonchev–Trinajstić information content (AvgIpc) is 3.12. The molecule has 3 rings (SSSR count). The fourth-order valence-corrected chi connectivity index (χ4v) is 3.01. The van der Waals surface area contributed by atoms with Crippen molar-refractivity contribution in [1.82, 2.24) is 4.98 Å². The van der Waals surface area contributed by atoms with Gasteiger partial charge in [0.25, 0.3) is 0 Å². The minimum atomic E-state index is -4.45. The van der Waals surface area contributed by atoms with Crippen LogP contribution in [0.5, 0.6) is 0 Å². The van der Waals surface area contributed by atoms with E-state index < -0.39 is 11.7 Å². The number of thiazole rings is 1. The van der Waals surface area contributed by atoms with E-state index in [1.807, 2.05) is 37.3 Å². The van der Waals surface area contributed by atoms with Gasteiger partial charge in [-0.05, 0) is 25.1 Å². The number of aromatic nitrogens is 1. The van der Waals surface area contributed by atoms with Crippen molar-refractivity contribution in [2.45, 2.75) is 13.1 Å². The number of nitrogens with one attached hydrogen (secondary N) is 1. The third-order valence-electron chi connectivity index (χ3n) is 3.65. The van der Waals surface area contributed by atoms with Gasteiger partial charge in [-0.15, -0.1) is 11.3 Å². The molecule has 1 heterocycles. The van der Waals surface area contributed by atoms with E-state index in [-0.39, 0.29) is 11.4 Å². The van der Waals surface area contributed by atoms with Gasteiger partial charge in [-0.25, -0.2) is 4.98 Å². The van der Waals surface area contributed by atoms with Crippen molar-refractivity contribution in [3.8, 4) is 17.3 Å². The summed E-state index contributed by atoms with van der Waals surface area (Å²) in [5.41, 5.74) is 4.57. The van der Waals surface area contributed by atoms with Crippen LogP contribution >= 0.6 is 11.3 Å². The topological polar surface area (TPSA) is 61.1 Å². The molecule has 0 atom stereocenters. The van der Waals surface area contributed by atoms with Crippen LogP contribution in [0, 0.1) is 18.3 Å². The highest BCUT2D eigenvalue weighted by atomic mass is 32.1. The van der Waals surface area contributed by atoms with Gasteiger partial charge in [0.1, 0.15) is 6.07 Å². The molecule has 1 aromatic heterocycles. The summed E-state index contributed by atoms with van der Waals surface area (Å²) in [7, 11) is 0. The Labute approximate surface area is 157 Å². The molecule has 0 saturated heterocycles. The van der Waals surface area contributed by atoms with Gasteiger partial charge in [-0.3, -0.25) is 5.43 Å². The van der Waals surface area contributed by atoms with Crippen molar-refractivity contribution in [2.24, 2.45) is 5.10 Å². The van der Waals surface area contributed by atoms with Crippen LogP contribution < -0.4 is 5.43 Å². The van der Waals surface area contributed by atoms with Crippen molar-refractivity contribution in [1.29, 1.82) is 5.26 Å². The first-order valence-corrected chi connectivity index (χ1v) is 8.69. The summed E-state index contributed by atoms with van der Waals surface area (Å²) in [5, 5.41) is 15.4. The molecule has 0 unspecified atom stereocenters.